The molecule has 26 heavy (non-hydrogen) atoms. The Labute approximate surface area is 150 Å². The Morgan fingerprint density at radius 1 is 0.885 bits per heavy atom. The molecule has 0 spiro atoms. The minimum absolute atomic E-state index is 0.146. The average Bonchev–Trinajstić information content (AvgIpc) is 2.65. The van der Waals surface area contributed by atoms with Crippen molar-refractivity contribution in [3.63, 3.8) is 0 Å². The molecule has 6 nitrogen and oxygen atoms in total. The van der Waals surface area contributed by atoms with E-state index < -0.39 is 11.6 Å². The van der Waals surface area contributed by atoms with Gasteiger partial charge in [-0.25, -0.2) is 0 Å². The molecule has 0 unspecified atom stereocenters. The van der Waals surface area contributed by atoms with Gasteiger partial charge in [0.1, 0.15) is 0 Å². The summed E-state index contributed by atoms with van der Waals surface area (Å²) in [5, 5.41) is 2.78. The van der Waals surface area contributed by atoms with Gasteiger partial charge in [0.15, 0.2) is 0 Å². The minimum Gasteiger partial charge on any atom is -0.469 e. The molecule has 0 radical (unpaired) electrons. The molecule has 0 aliphatic heterocycles. The third-order valence-corrected chi connectivity index (χ3v) is 4.24. The van der Waals surface area contributed by atoms with Crippen LogP contribution < -0.4 is 5.32 Å². The van der Waals surface area contributed by atoms with Crippen molar-refractivity contribution in [1.82, 2.24) is 0 Å². The number of rotatable bonds is 5. The Bertz CT molecular complexity index is 916. The molecule has 132 valence electrons. The van der Waals surface area contributed by atoms with Crippen molar-refractivity contribution in [2.45, 2.75) is 19.3 Å². The second-order valence-corrected chi connectivity index (χ2v) is 5.91. The number of anilines is 1. The van der Waals surface area contributed by atoms with Crippen molar-refractivity contribution in [2.75, 3.05) is 12.4 Å². The minimum atomic E-state index is -0.583. The lowest BCUT2D eigenvalue weighted by Crippen LogP contribution is -2.22. The maximum absolute atomic E-state index is 12.4. The van der Waals surface area contributed by atoms with Crippen LogP contribution in [0.1, 0.15) is 40.0 Å². The van der Waals surface area contributed by atoms with Crippen LogP contribution >= 0.6 is 0 Å². The van der Waals surface area contributed by atoms with Crippen molar-refractivity contribution in [1.29, 1.82) is 0 Å². The molecule has 1 N–H and O–H groups in total. The Hall–Kier alpha value is -3.28. The van der Waals surface area contributed by atoms with E-state index in [0.717, 1.165) is 0 Å². The summed E-state index contributed by atoms with van der Waals surface area (Å²) < 4.78 is 4.55. The second kappa shape index (κ2) is 7.31. The maximum Gasteiger partial charge on any atom is 0.305 e. The lowest BCUT2D eigenvalue weighted by Gasteiger charge is -2.21. The van der Waals surface area contributed by atoms with Crippen LogP contribution in [0, 0.1) is 0 Å². The summed E-state index contributed by atoms with van der Waals surface area (Å²) in [6.45, 7) is 0. The molecule has 0 bridgehead atoms. The summed E-state index contributed by atoms with van der Waals surface area (Å²) in [6.07, 6.45) is 0.668. The van der Waals surface area contributed by atoms with Gasteiger partial charge in [-0.2, -0.15) is 0 Å². The van der Waals surface area contributed by atoms with Crippen LogP contribution in [0.25, 0.3) is 11.1 Å². The number of carbonyl (C=O) groups excluding carboxylic acids is 4. The monoisotopic (exact) mass is 351 g/mol. The van der Waals surface area contributed by atoms with Gasteiger partial charge in [0.25, 0.3) is 0 Å². The van der Waals surface area contributed by atoms with Crippen molar-refractivity contribution < 1.29 is 23.9 Å². The van der Waals surface area contributed by atoms with Crippen LogP contribution in [0.2, 0.25) is 0 Å². The number of ether oxygens (including phenoxy) is 1. The van der Waals surface area contributed by atoms with Gasteiger partial charge in [0, 0.05) is 35.2 Å². The van der Waals surface area contributed by atoms with Gasteiger partial charge in [-0.15, -0.1) is 0 Å². The molecule has 0 atom stereocenters. The summed E-state index contributed by atoms with van der Waals surface area (Å²) in [6, 6.07) is 11.7. The highest BCUT2D eigenvalue weighted by Crippen LogP contribution is 2.38. The van der Waals surface area contributed by atoms with Crippen LogP contribution in [0.4, 0.5) is 5.69 Å². The number of nitrogens with one attached hydrogen (secondary N) is 1. The number of amides is 1. The quantitative estimate of drug-likeness (QED) is 0.661. The molecule has 0 heterocycles. The van der Waals surface area contributed by atoms with E-state index in [1.165, 1.54) is 7.11 Å². The number of Topliss-reactive ketones (excluding diaryl/α,β-unsaturated/α-hetero) is 2. The first-order valence-electron chi connectivity index (χ1n) is 8.21. The summed E-state index contributed by atoms with van der Waals surface area (Å²) in [5.41, 5.74) is 2.25. The van der Waals surface area contributed by atoms with Crippen LogP contribution in [0.3, 0.4) is 0 Å². The third kappa shape index (κ3) is 3.26. The van der Waals surface area contributed by atoms with E-state index in [1.807, 2.05) is 0 Å². The normalized spacial score (nSPS) is 12.2. The Morgan fingerprint density at radius 2 is 1.54 bits per heavy atom. The van der Waals surface area contributed by atoms with Crippen molar-refractivity contribution in [3.05, 3.63) is 53.6 Å². The van der Waals surface area contributed by atoms with Gasteiger partial charge in [-0.1, -0.05) is 36.4 Å². The van der Waals surface area contributed by atoms with E-state index in [1.54, 1.807) is 42.5 Å². The topological polar surface area (TPSA) is 89.5 Å². The summed E-state index contributed by atoms with van der Waals surface area (Å²) >= 11 is 0. The fourth-order valence-corrected chi connectivity index (χ4v) is 2.99. The first kappa shape index (κ1) is 17.5. The van der Waals surface area contributed by atoms with Crippen molar-refractivity contribution >= 4 is 29.1 Å². The van der Waals surface area contributed by atoms with Crippen molar-refractivity contribution in [2.24, 2.45) is 0 Å². The zero-order valence-corrected chi connectivity index (χ0v) is 14.2. The van der Waals surface area contributed by atoms with Crippen LogP contribution in [-0.4, -0.2) is 30.6 Å². The average molecular weight is 351 g/mol. The lowest BCUT2D eigenvalue weighted by molar-refractivity contribution is -0.140. The highest BCUT2D eigenvalue weighted by Gasteiger charge is 2.31. The summed E-state index contributed by atoms with van der Waals surface area (Å²) in [7, 11) is 1.30. The first-order valence-corrected chi connectivity index (χ1v) is 8.21. The number of hydrogen-bond acceptors (Lipinski definition) is 5. The summed E-state index contributed by atoms with van der Waals surface area (Å²) in [5.74, 6) is -1.77. The fraction of sp³-hybridized carbons (Fsp3) is 0.200. The second-order valence-electron chi connectivity index (χ2n) is 5.91. The SMILES string of the molecule is COC(=O)CCCC(=O)Nc1cccc2c1-c1ccccc1C(=O)C2=O. The molecule has 1 aliphatic rings. The lowest BCUT2D eigenvalue weighted by atomic mass is 9.83. The number of hydrogen-bond donors (Lipinski definition) is 1. The van der Waals surface area contributed by atoms with E-state index >= 15 is 0 Å². The molecular formula is C20H17NO5. The Kier molecular flexibility index (Phi) is 4.93. The molecule has 0 fully saturated rings. The van der Waals surface area contributed by atoms with Crippen LogP contribution in [0.5, 0.6) is 0 Å². The predicted octanol–water partition coefficient (Wildman–Crippen LogP) is 3.01. The standard InChI is InChI=1S/C20H17NO5/c1-26-17(23)11-5-10-16(22)21-15-9-4-8-14-18(15)12-6-2-3-7-13(12)19(24)20(14)25/h2-4,6-9H,5,10-11H2,1H3,(H,21,22). The van der Waals surface area contributed by atoms with Gasteiger partial charge in [-0.3, -0.25) is 19.2 Å². The number of benzene rings is 2. The largest absolute Gasteiger partial charge is 0.469 e. The molecule has 1 aliphatic carbocycles. The molecule has 2 aromatic carbocycles. The number of methoxy groups -OCH3 is 1. The third-order valence-electron chi connectivity index (χ3n) is 4.24. The van der Waals surface area contributed by atoms with E-state index in [4.69, 9.17) is 0 Å². The van der Waals surface area contributed by atoms with Gasteiger partial charge in [0.05, 0.1) is 7.11 Å². The molecule has 0 aromatic heterocycles. The molecular weight excluding hydrogens is 334 g/mol. The van der Waals surface area contributed by atoms with E-state index in [9.17, 15) is 19.2 Å². The Morgan fingerprint density at radius 3 is 2.27 bits per heavy atom. The highest BCUT2D eigenvalue weighted by atomic mass is 16.5. The molecule has 0 saturated carbocycles. The maximum atomic E-state index is 12.4. The Balaban J connectivity index is 1.88. The van der Waals surface area contributed by atoms with Crippen molar-refractivity contribution in [3.8, 4) is 11.1 Å². The highest BCUT2D eigenvalue weighted by molar-refractivity contribution is 6.53. The van der Waals surface area contributed by atoms with Gasteiger partial charge >= 0.3 is 5.97 Å². The molecule has 1 amide bonds. The fourth-order valence-electron chi connectivity index (χ4n) is 2.99. The summed E-state index contributed by atoms with van der Waals surface area (Å²) in [4.78, 5) is 48.0. The zero-order chi connectivity index (χ0) is 18.7. The number of fused-ring (bicyclic) bond motifs is 3. The molecule has 2 aromatic rings. The van der Waals surface area contributed by atoms with Crippen LogP contribution in [0.15, 0.2) is 42.5 Å². The van der Waals surface area contributed by atoms with Gasteiger partial charge in [0.2, 0.25) is 17.5 Å². The van der Waals surface area contributed by atoms with Gasteiger partial charge in [-0.05, 0) is 18.1 Å². The number of esters is 1. The molecule has 6 heteroatoms. The first-order chi connectivity index (χ1) is 12.5. The number of ketones is 2. The van der Waals surface area contributed by atoms with E-state index in [2.05, 4.69) is 10.1 Å². The zero-order valence-electron chi connectivity index (χ0n) is 14.2. The molecule has 3 rings (SSSR count). The smallest absolute Gasteiger partial charge is 0.305 e. The van der Waals surface area contributed by atoms with Crippen LogP contribution in [-0.2, 0) is 14.3 Å². The van der Waals surface area contributed by atoms with E-state index in [-0.39, 0.29) is 30.3 Å². The molecule has 0 saturated heterocycles. The number of carbonyl (C=O) groups is 4. The van der Waals surface area contributed by atoms with Gasteiger partial charge < -0.3 is 10.1 Å². The van der Waals surface area contributed by atoms with E-state index in [0.29, 0.717) is 28.8 Å². The predicted molar refractivity (Wildman–Crippen MR) is 95.0 cm³/mol.